The lowest BCUT2D eigenvalue weighted by molar-refractivity contribution is 0.102. The Balaban J connectivity index is 1.30. The maximum atomic E-state index is 13.2. The Morgan fingerprint density at radius 1 is 1.16 bits per heavy atom. The minimum absolute atomic E-state index is 0.132. The number of benzene rings is 1. The minimum atomic E-state index is -0.132. The van der Waals surface area contributed by atoms with Crippen LogP contribution in [-0.4, -0.2) is 51.8 Å². The number of pyridine rings is 1. The standard InChI is InChI=1S/C25H31N5O2/c1-16-23-21(14-22(17-7-8-17)27-24(23)30(3)28-16)25(31)26-18-9-11-20(12-10-18)32-15-19-6-4-5-13-29(19)2/h9-12,14,17,19H,4-8,13,15H2,1-3H3,(H,26,31)/t19-/m0/s1. The number of rotatable bonds is 6. The van der Waals surface area contributed by atoms with Gasteiger partial charge in [0.2, 0.25) is 0 Å². The maximum absolute atomic E-state index is 13.2. The smallest absolute Gasteiger partial charge is 0.256 e. The number of likely N-dealkylation sites (N-methyl/N-ethyl adjacent to an activating group) is 1. The normalized spacial score (nSPS) is 19.3. The summed E-state index contributed by atoms with van der Waals surface area (Å²) in [7, 11) is 4.05. The Hall–Kier alpha value is -2.93. The van der Waals surface area contributed by atoms with Gasteiger partial charge in [-0.3, -0.25) is 9.48 Å². The van der Waals surface area contributed by atoms with Crippen molar-refractivity contribution in [3.63, 3.8) is 0 Å². The molecule has 168 valence electrons. The third-order valence-electron chi connectivity index (χ3n) is 6.70. The summed E-state index contributed by atoms with van der Waals surface area (Å²) in [6.45, 7) is 3.76. The molecule has 0 bridgehead atoms. The summed E-state index contributed by atoms with van der Waals surface area (Å²) in [5.41, 5.74) is 3.97. The molecule has 2 fully saturated rings. The fraction of sp³-hybridized carbons (Fsp3) is 0.480. The number of amides is 1. The second kappa shape index (κ2) is 8.54. The lowest BCUT2D eigenvalue weighted by Gasteiger charge is -2.32. The number of likely N-dealkylation sites (tertiary alicyclic amines) is 1. The summed E-state index contributed by atoms with van der Waals surface area (Å²) in [4.78, 5) is 20.4. The van der Waals surface area contributed by atoms with Crippen molar-refractivity contribution in [3.8, 4) is 5.75 Å². The highest BCUT2D eigenvalue weighted by atomic mass is 16.5. The van der Waals surface area contributed by atoms with Crippen molar-refractivity contribution < 1.29 is 9.53 Å². The first-order valence-corrected chi connectivity index (χ1v) is 11.6. The van der Waals surface area contributed by atoms with Crippen LogP contribution in [0.4, 0.5) is 5.69 Å². The van der Waals surface area contributed by atoms with E-state index in [0.29, 0.717) is 24.1 Å². The fourth-order valence-electron chi connectivity index (χ4n) is 4.61. The van der Waals surface area contributed by atoms with Crippen molar-refractivity contribution in [2.45, 2.75) is 51.0 Å². The number of fused-ring (bicyclic) bond motifs is 1. The Labute approximate surface area is 188 Å². The molecule has 7 nitrogen and oxygen atoms in total. The number of anilines is 1. The molecule has 32 heavy (non-hydrogen) atoms. The van der Waals surface area contributed by atoms with E-state index in [1.807, 2.05) is 44.3 Å². The molecule has 2 aromatic heterocycles. The molecule has 3 heterocycles. The van der Waals surface area contributed by atoms with Gasteiger partial charge in [0.25, 0.3) is 5.91 Å². The zero-order valence-electron chi connectivity index (χ0n) is 19.1. The first-order valence-electron chi connectivity index (χ1n) is 11.6. The summed E-state index contributed by atoms with van der Waals surface area (Å²) in [5.74, 6) is 1.15. The summed E-state index contributed by atoms with van der Waals surface area (Å²) in [6, 6.07) is 10.1. The van der Waals surface area contributed by atoms with Gasteiger partial charge >= 0.3 is 0 Å². The molecule has 0 spiro atoms. The Bertz CT molecular complexity index is 1130. The van der Waals surface area contributed by atoms with Gasteiger partial charge in [0.15, 0.2) is 5.65 Å². The van der Waals surface area contributed by atoms with Gasteiger partial charge in [0, 0.05) is 30.4 Å². The molecule has 0 unspecified atom stereocenters. The van der Waals surface area contributed by atoms with Crippen molar-refractivity contribution in [1.29, 1.82) is 0 Å². The number of carbonyl (C=O) groups excluding carboxylic acids is 1. The van der Waals surface area contributed by atoms with Crippen molar-refractivity contribution >= 4 is 22.6 Å². The minimum Gasteiger partial charge on any atom is -0.492 e. The molecular formula is C25H31N5O2. The van der Waals surface area contributed by atoms with Crippen LogP contribution in [0, 0.1) is 6.92 Å². The van der Waals surface area contributed by atoms with Gasteiger partial charge < -0.3 is 15.0 Å². The first kappa shape index (κ1) is 20.9. The zero-order valence-corrected chi connectivity index (χ0v) is 19.1. The van der Waals surface area contributed by atoms with Crippen LogP contribution in [0.3, 0.4) is 0 Å². The number of ether oxygens (including phenoxy) is 1. The summed E-state index contributed by atoms with van der Waals surface area (Å²) in [6.07, 6.45) is 5.99. The van der Waals surface area contributed by atoms with Crippen LogP contribution in [-0.2, 0) is 7.05 Å². The number of hydrogen-bond donors (Lipinski definition) is 1. The molecule has 1 aliphatic heterocycles. The van der Waals surface area contributed by atoms with Crippen LogP contribution in [0.2, 0.25) is 0 Å². The number of hydrogen-bond acceptors (Lipinski definition) is 5. The third kappa shape index (κ3) is 4.21. The fourth-order valence-corrected chi connectivity index (χ4v) is 4.61. The van der Waals surface area contributed by atoms with E-state index in [1.54, 1.807) is 4.68 Å². The van der Waals surface area contributed by atoms with Crippen molar-refractivity contribution in [1.82, 2.24) is 19.7 Å². The molecule has 7 heteroatoms. The highest BCUT2D eigenvalue weighted by Crippen LogP contribution is 2.40. The van der Waals surface area contributed by atoms with Crippen LogP contribution in [0.1, 0.15) is 59.8 Å². The van der Waals surface area contributed by atoms with Crippen molar-refractivity contribution in [3.05, 3.63) is 47.3 Å². The van der Waals surface area contributed by atoms with E-state index in [1.165, 1.54) is 19.3 Å². The van der Waals surface area contributed by atoms with E-state index in [-0.39, 0.29) is 5.91 Å². The molecule has 5 rings (SSSR count). The van der Waals surface area contributed by atoms with Gasteiger partial charge in [-0.15, -0.1) is 0 Å². The number of carbonyl (C=O) groups is 1. The highest BCUT2D eigenvalue weighted by molar-refractivity contribution is 6.12. The van der Waals surface area contributed by atoms with Gasteiger partial charge in [-0.1, -0.05) is 6.42 Å². The van der Waals surface area contributed by atoms with E-state index >= 15 is 0 Å². The van der Waals surface area contributed by atoms with Gasteiger partial charge in [-0.05, 0) is 76.5 Å². The van der Waals surface area contributed by atoms with Gasteiger partial charge in [-0.2, -0.15) is 5.10 Å². The van der Waals surface area contributed by atoms with Crippen molar-refractivity contribution in [2.24, 2.45) is 7.05 Å². The lowest BCUT2D eigenvalue weighted by Crippen LogP contribution is -2.40. The lowest BCUT2D eigenvalue weighted by atomic mass is 10.0. The predicted octanol–water partition coefficient (Wildman–Crippen LogP) is 4.27. The van der Waals surface area contributed by atoms with Crippen LogP contribution >= 0.6 is 0 Å². The molecule has 3 aromatic rings. The second-order valence-electron chi connectivity index (χ2n) is 9.20. The first-order chi connectivity index (χ1) is 15.5. The quantitative estimate of drug-likeness (QED) is 0.629. The largest absolute Gasteiger partial charge is 0.492 e. The van der Waals surface area contributed by atoms with Gasteiger partial charge in [0.1, 0.15) is 12.4 Å². The Morgan fingerprint density at radius 3 is 2.66 bits per heavy atom. The van der Waals surface area contributed by atoms with E-state index in [4.69, 9.17) is 9.72 Å². The number of nitrogens with zero attached hydrogens (tertiary/aromatic N) is 4. The van der Waals surface area contributed by atoms with Crippen LogP contribution in [0.25, 0.3) is 11.0 Å². The molecule has 1 N–H and O–H groups in total. The predicted molar refractivity (Wildman–Crippen MR) is 125 cm³/mol. The van der Waals surface area contributed by atoms with Crippen LogP contribution < -0.4 is 10.1 Å². The second-order valence-corrected chi connectivity index (χ2v) is 9.20. The van der Waals surface area contributed by atoms with Crippen LogP contribution in [0.15, 0.2) is 30.3 Å². The molecule has 2 aliphatic rings. The molecule has 1 aliphatic carbocycles. The van der Waals surface area contributed by atoms with Crippen LogP contribution in [0.5, 0.6) is 5.75 Å². The van der Waals surface area contributed by atoms with E-state index in [9.17, 15) is 4.79 Å². The average molecular weight is 434 g/mol. The monoisotopic (exact) mass is 433 g/mol. The topological polar surface area (TPSA) is 72.3 Å². The number of piperidine rings is 1. The molecule has 0 radical (unpaired) electrons. The molecule has 1 atom stereocenters. The number of aromatic nitrogens is 3. The van der Waals surface area contributed by atoms with Gasteiger partial charge in [-0.25, -0.2) is 4.98 Å². The van der Waals surface area contributed by atoms with Gasteiger partial charge in [0.05, 0.1) is 16.6 Å². The Kier molecular flexibility index (Phi) is 5.59. The maximum Gasteiger partial charge on any atom is 0.256 e. The summed E-state index contributed by atoms with van der Waals surface area (Å²) >= 11 is 0. The molecule has 1 saturated carbocycles. The molecular weight excluding hydrogens is 402 g/mol. The highest BCUT2D eigenvalue weighted by Gasteiger charge is 2.28. The molecule has 1 aromatic carbocycles. The average Bonchev–Trinajstić information content (AvgIpc) is 3.60. The van der Waals surface area contributed by atoms with E-state index < -0.39 is 0 Å². The molecule has 1 saturated heterocycles. The third-order valence-corrected chi connectivity index (χ3v) is 6.70. The summed E-state index contributed by atoms with van der Waals surface area (Å²) in [5, 5.41) is 8.36. The van der Waals surface area contributed by atoms with E-state index in [2.05, 4.69) is 22.4 Å². The van der Waals surface area contributed by atoms with E-state index in [0.717, 1.165) is 53.2 Å². The van der Waals surface area contributed by atoms with Crippen molar-refractivity contribution in [2.75, 3.05) is 25.5 Å². The number of aryl methyl sites for hydroxylation is 2. The zero-order chi connectivity index (χ0) is 22.2. The SMILES string of the molecule is Cc1nn(C)c2nc(C3CC3)cc(C(=O)Nc3ccc(OC[C@@H]4CCCCN4C)cc3)c12. The summed E-state index contributed by atoms with van der Waals surface area (Å²) < 4.78 is 7.78. The number of nitrogens with one attached hydrogen (secondary N) is 1. The molecule has 1 amide bonds. The Morgan fingerprint density at radius 2 is 1.94 bits per heavy atom.